The van der Waals surface area contributed by atoms with Crippen molar-refractivity contribution in [3.63, 3.8) is 0 Å². The fourth-order valence-electron chi connectivity index (χ4n) is 3.01. The zero-order valence-corrected chi connectivity index (χ0v) is 15.0. The Morgan fingerprint density at radius 1 is 1.24 bits per heavy atom. The predicted molar refractivity (Wildman–Crippen MR) is 97.0 cm³/mol. The number of benzene rings is 1. The van der Waals surface area contributed by atoms with Gasteiger partial charge in [-0.15, -0.1) is 0 Å². The van der Waals surface area contributed by atoms with Crippen LogP contribution in [0.1, 0.15) is 43.7 Å². The van der Waals surface area contributed by atoms with Gasteiger partial charge in [0.05, 0.1) is 5.92 Å². The zero-order valence-electron chi connectivity index (χ0n) is 15.0. The average Bonchev–Trinajstić information content (AvgIpc) is 2.96. The van der Waals surface area contributed by atoms with Crippen LogP contribution in [0.4, 0.5) is 0 Å². The number of hydrogen-bond acceptors (Lipinski definition) is 3. The highest BCUT2D eigenvalue weighted by molar-refractivity contribution is 5.91. The fourth-order valence-corrected chi connectivity index (χ4v) is 3.01. The first-order valence-electron chi connectivity index (χ1n) is 8.55. The predicted octanol–water partition coefficient (Wildman–Crippen LogP) is 3.08. The molecule has 1 aromatic carbocycles. The topological polar surface area (TPSA) is 93.6 Å². The molecule has 1 heterocycles. The van der Waals surface area contributed by atoms with Crippen molar-refractivity contribution in [3.05, 3.63) is 35.5 Å². The smallest absolute Gasteiger partial charge is 0.311 e. The number of H-pyrrole nitrogens is 1. The molecule has 2 rings (SSSR count). The summed E-state index contributed by atoms with van der Waals surface area (Å²) in [4.78, 5) is 28.1. The summed E-state index contributed by atoms with van der Waals surface area (Å²) in [5.74, 6) is -2.79. The molecule has 6 heteroatoms. The van der Waals surface area contributed by atoms with Gasteiger partial charge in [-0.25, -0.2) is 0 Å². The molecule has 6 nitrogen and oxygen atoms in total. The number of carboxylic acids is 2. The van der Waals surface area contributed by atoms with Crippen LogP contribution in [0.3, 0.4) is 0 Å². The molecule has 2 aromatic rings. The number of likely N-dealkylation sites (N-methyl/N-ethyl adjacent to an activating group) is 1. The van der Waals surface area contributed by atoms with Crippen LogP contribution in [-0.4, -0.2) is 51.7 Å². The largest absolute Gasteiger partial charge is 0.481 e. The minimum absolute atomic E-state index is 0.0836. The quantitative estimate of drug-likeness (QED) is 0.649. The van der Waals surface area contributed by atoms with Crippen molar-refractivity contribution in [2.75, 3.05) is 13.6 Å². The Labute approximate surface area is 147 Å². The Hall–Kier alpha value is -2.34. The number of nitrogens with one attached hydrogen (secondary N) is 1. The lowest BCUT2D eigenvalue weighted by Gasteiger charge is -2.21. The second kappa shape index (κ2) is 8.16. The lowest BCUT2D eigenvalue weighted by molar-refractivity contribution is -0.140. The van der Waals surface area contributed by atoms with Gasteiger partial charge in [0.15, 0.2) is 0 Å². The molecule has 0 spiro atoms. The summed E-state index contributed by atoms with van der Waals surface area (Å²) in [6.07, 6.45) is 2.65. The van der Waals surface area contributed by atoms with Crippen molar-refractivity contribution < 1.29 is 19.8 Å². The molecular formula is C19H26N2O4. The molecule has 0 bridgehead atoms. The molecule has 0 aliphatic carbocycles. The van der Waals surface area contributed by atoms with Crippen molar-refractivity contribution in [2.24, 2.45) is 0 Å². The molecule has 0 amide bonds. The van der Waals surface area contributed by atoms with E-state index in [0.29, 0.717) is 11.6 Å². The average molecular weight is 346 g/mol. The molecule has 1 atom stereocenters. The van der Waals surface area contributed by atoms with E-state index >= 15 is 0 Å². The van der Waals surface area contributed by atoms with Crippen LogP contribution < -0.4 is 0 Å². The highest BCUT2D eigenvalue weighted by atomic mass is 16.4. The van der Waals surface area contributed by atoms with Crippen molar-refractivity contribution in [2.45, 2.75) is 45.1 Å². The Bertz CT molecular complexity index is 751. The minimum Gasteiger partial charge on any atom is -0.481 e. The van der Waals surface area contributed by atoms with Gasteiger partial charge in [0, 0.05) is 36.1 Å². The monoisotopic (exact) mass is 346 g/mol. The first-order valence-corrected chi connectivity index (χ1v) is 8.55. The van der Waals surface area contributed by atoms with E-state index in [1.807, 2.05) is 18.3 Å². The van der Waals surface area contributed by atoms with E-state index in [2.05, 4.69) is 30.8 Å². The number of aromatic nitrogens is 1. The van der Waals surface area contributed by atoms with E-state index in [1.54, 1.807) is 6.07 Å². The van der Waals surface area contributed by atoms with Gasteiger partial charge in [0.25, 0.3) is 0 Å². The molecular weight excluding hydrogens is 320 g/mol. The van der Waals surface area contributed by atoms with E-state index in [0.717, 1.165) is 29.4 Å². The number of carboxylic acid groups (broad SMARTS) is 2. The summed E-state index contributed by atoms with van der Waals surface area (Å²) < 4.78 is 0. The minimum atomic E-state index is -0.986. The van der Waals surface area contributed by atoms with E-state index in [-0.39, 0.29) is 12.8 Å². The van der Waals surface area contributed by atoms with Gasteiger partial charge in [-0.3, -0.25) is 9.59 Å². The van der Waals surface area contributed by atoms with Crippen LogP contribution >= 0.6 is 0 Å². The number of aliphatic carboxylic acids is 2. The van der Waals surface area contributed by atoms with E-state index in [4.69, 9.17) is 5.11 Å². The molecule has 1 unspecified atom stereocenters. The highest BCUT2D eigenvalue weighted by Gasteiger charge is 2.24. The summed E-state index contributed by atoms with van der Waals surface area (Å²) in [6, 6.07) is 5.97. The Kier molecular flexibility index (Phi) is 6.20. The molecule has 136 valence electrons. The van der Waals surface area contributed by atoms with Crippen LogP contribution in [0.15, 0.2) is 24.4 Å². The van der Waals surface area contributed by atoms with Crippen molar-refractivity contribution in [3.8, 4) is 0 Å². The van der Waals surface area contributed by atoms with Crippen LogP contribution in [0, 0.1) is 0 Å². The van der Waals surface area contributed by atoms with Gasteiger partial charge >= 0.3 is 11.9 Å². The summed E-state index contributed by atoms with van der Waals surface area (Å²) in [7, 11) is 2.06. The zero-order chi connectivity index (χ0) is 18.6. The Balaban J connectivity index is 2.36. The number of hydrogen-bond donors (Lipinski definition) is 3. The lowest BCUT2D eigenvalue weighted by Crippen LogP contribution is -2.28. The number of aromatic amines is 1. The third-order valence-electron chi connectivity index (χ3n) is 4.76. The molecule has 25 heavy (non-hydrogen) atoms. The van der Waals surface area contributed by atoms with E-state index < -0.39 is 17.9 Å². The van der Waals surface area contributed by atoms with Gasteiger partial charge < -0.3 is 20.1 Å². The summed E-state index contributed by atoms with van der Waals surface area (Å²) in [5.41, 5.74) is 2.65. The highest BCUT2D eigenvalue weighted by Crippen LogP contribution is 2.31. The summed E-state index contributed by atoms with van der Waals surface area (Å²) in [5, 5.41) is 19.4. The van der Waals surface area contributed by atoms with Crippen molar-refractivity contribution >= 4 is 22.8 Å². The van der Waals surface area contributed by atoms with Crippen LogP contribution in [0.2, 0.25) is 0 Å². The SMILES string of the molecule is CC(C)N(C)CCc1c[nH]c2cccc(C(CCC(=O)O)C(=O)O)c12. The first-order chi connectivity index (χ1) is 11.8. The maximum atomic E-state index is 11.7. The Morgan fingerprint density at radius 3 is 2.56 bits per heavy atom. The van der Waals surface area contributed by atoms with Gasteiger partial charge in [-0.1, -0.05) is 12.1 Å². The standard InChI is InChI=1S/C19H26N2O4/c1-12(2)21(3)10-9-13-11-20-16-6-4-5-14(18(13)16)15(19(24)25)7-8-17(22)23/h4-6,11-12,15,20H,7-10H2,1-3H3,(H,22,23)(H,24,25). The number of carbonyl (C=O) groups is 2. The number of rotatable bonds is 9. The normalized spacial score (nSPS) is 12.8. The van der Waals surface area contributed by atoms with E-state index in [1.165, 1.54) is 0 Å². The molecule has 0 saturated carbocycles. The molecule has 0 saturated heterocycles. The first kappa shape index (κ1) is 19.0. The molecule has 0 fully saturated rings. The summed E-state index contributed by atoms with van der Waals surface area (Å²) in [6.45, 7) is 5.13. The molecule has 0 aliphatic rings. The van der Waals surface area contributed by atoms with Gasteiger partial charge in [0.1, 0.15) is 0 Å². The Morgan fingerprint density at radius 2 is 1.96 bits per heavy atom. The third-order valence-corrected chi connectivity index (χ3v) is 4.76. The second-order valence-electron chi connectivity index (χ2n) is 6.73. The maximum Gasteiger partial charge on any atom is 0.311 e. The van der Waals surface area contributed by atoms with Crippen LogP contribution in [0.25, 0.3) is 10.9 Å². The fraction of sp³-hybridized carbons (Fsp3) is 0.474. The summed E-state index contributed by atoms with van der Waals surface area (Å²) >= 11 is 0. The maximum absolute atomic E-state index is 11.7. The molecule has 0 aliphatic heterocycles. The third kappa shape index (κ3) is 4.60. The lowest BCUT2D eigenvalue weighted by atomic mass is 9.90. The van der Waals surface area contributed by atoms with Gasteiger partial charge in [-0.2, -0.15) is 0 Å². The second-order valence-corrected chi connectivity index (χ2v) is 6.73. The molecule has 0 radical (unpaired) electrons. The van der Waals surface area contributed by atoms with E-state index in [9.17, 15) is 14.7 Å². The van der Waals surface area contributed by atoms with Gasteiger partial charge in [-0.05, 0) is 50.9 Å². The van der Waals surface area contributed by atoms with Crippen molar-refractivity contribution in [1.82, 2.24) is 9.88 Å². The number of fused-ring (bicyclic) bond motifs is 1. The number of nitrogens with zero attached hydrogens (tertiary/aromatic N) is 1. The van der Waals surface area contributed by atoms with Crippen molar-refractivity contribution in [1.29, 1.82) is 0 Å². The van der Waals surface area contributed by atoms with Gasteiger partial charge in [0.2, 0.25) is 0 Å². The molecule has 3 N–H and O–H groups in total. The van der Waals surface area contributed by atoms with Crippen LogP contribution in [-0.2, 0) is 16.0 Å². The van der Waals surface area contributed by atoms with Crippen LogP contribution in [0.5, 0.6) is 0 Å². The molecule has 1 aromatic heterocycles.